The topological polar surface area (TPSA) is 58.6 Å². The Kier molecular flexibility index (Phi) is 5.03. The Morgan fingerprint density at radius 2 is 1.84 bits per heavy atom. The predicted octanol–water partition coefficient (Wildman–Crippen LogP) is 2.79. The van der Waals surface area contributed by atoms with Crippen LogP contribution in [0.3, 0.4) is 0 Å². The van der Waals surface area contributed by atoms with Gasteiger partial charge >= 0.3 is 0 Å². The molecule has 0 saturated carbocycles. The highest BCUT2D eigenvalue weighted by Gasteiger charge is 2.38. The lowest BCUT2D eigenvalue weighted by molar-refractivity contribution is -0.122. The number of ether oxygens (including phenoxy) is 1. The van der Waals surface area contributed by atoms with Crippen LogP contribution in [0.25, 0.3) is 0 Å². The van der Waals surface area contributed by atoms with E-state index < -0.39 is 6.04 Å². The molecule has 3 rings (SSSR count). The van der Waals surface area contributed by atoms with Gasteiger partial charge in [-0.15, -0.1) is 0 Å². The zero-order valence-electron chi connectivity index (χ0n) is 14.5. The van der Waals surface area contributed by atoms with Crippen molar-refractivity contribution in [2.45, 2.75) is 26.3 Å². The van der Waals surface area contributed by atoms with Crippen LogP contribution in [-0.2, 0) is 11.2 Å². The third kappa shape index (κ3) is 3.36. The molecular formula is C20H22N2O3. The highest BCUT2D eigenvalue weighted by atomic mass is 16.5. The molecule has 130 valence electrons. The van der Waals surface area contributed by atoms with Crippen molar-refractivity contribution >= 4 is 17.5 Å². The Bertz CT molecular complexity index is 771. The molecule has 1 heterocycles. The number of nitrogens with zero attached hydrogens (tertiary/aromatic N) is 1. The number of hydrogen-bond acceptors (Lipinski definition) is 3. The van der Waals surface area contributed by atoms with Gasteiger partial charge in [0.05, 0.1) is 6.61 Å². The summed E-state index contributed by atoms with van der Waals surface area (Å²) in [6, 6.07) is 14.2. The summed E-state index contributed by atoms with van der Waals surface area (Å²) in [4.78, 5) is 27.2. The number of amides is 2. The van der Waals surface area contributed by atoms with Crippen molar-refractivity contribution in [1.82, 2.24) is 5.32 Å². The SMILES string of the molecule is CCNC(=O)C1Cc2ccccc2N1C(=O)c1ccc(OCC)cc1. The molecule has 0 bridgehead atoms. The number of carbonyl (C=O) groups is 2. The Hall–Kier alpha value is -2.82. The van der Waals surface area contributed by atoms with E-state index >= 15 is 0 Å². The number of likely N-dealkylation sites (N-methyl/N-ethyl adjacent to an activating group) is 1. The van der Waals surface area contributed by atoms with Crippen LogP contribution in [0.4, 0.5) is 5.69 Å². The lowest BCUT2D eigenvalue weighted by Crippen LogP contribution is -2.48. The average molecular weight is 338 g/mol. The number of rotatable bonds is 5. The third-order valence-electron chi connectivity index (χ3n) is 4.26. The van der Waals surface area contributed by atoms with Crippen molar-refractivity contribution < 1.29 is 14.3 Å². The number of nitrogens with one attached hydrogen (secondary N) is 1. The molecule has 1 unspecified atom stereocenters. The monoisotopic (exact) mass is 338 g/mol. The Morgan fingerprint density at radius 1 is 1.12 bits per heavy atom. The predicted molar refractivity (Wildman–Crippen MR) is 97.0 cm³/mol. The first-order valence-corrected chi connectivity index (χ1v) is 8.57. The highest BCUT2D eigenvalue weighted by molar-refractivity contribution is 6.11. The summed E-state index contributed by atoms with van der Waals surface area (Å²) in [5.74, 6) is 0.420. The fourth-order valence-corrected chi connectivity index (χ4v) is 3.14. The molecular weight excluding hydrogens is 316 g/mol. The summed E-state index contributed by atoms with van der Waals surface area (Å²) in [5.41, 5.74) is 2.35. The van der Waals surface area contributed by atoms with Gasteiger partial charge in [-0.3, -0.25) is 14.5 Å². The minimum atomic E-state index is -0.517. The lowest BCUT2D eigenvalue weighted by atomic mass is 10.1. The Morgan fingerprint density at radius 3 is 2.52 bits per heavy atom. The number of para-hydroxylation sites is 1. The van der Waals surface area contributed by atoms with E-state index in [9.17, 15) is 9.59 Å². The van der Waals surface area contributed by atoms with Crippen LogP contribution in [-0.4, -0.2) is 31.0 Å². The van der Waals surface area contributed by atoms with Gasteiger partial charge in [0.2, 0.25) is 5.91 Å². The van der Waals surface area contributed by atoms with Crippen LogP contribution in [0.15, 0.2) is 48.5 Å². The molecule has 5 heteroatoms. The molecule has 2 aromatic rings. The van der Waals surface area contributed by atoms with Crippen molar-refractivity contribution in [3.63, 3.8) is 0 Å². The molecule has 0 aliphatic carbocycles. The zero-order valence-corrected chi connectivity index (χ0v) is 14.5. The minimum absolute atomic E-state index is 0.127. The third-order valence-corrected chi connectivity index (χ3v) is 4.26. The fraction of sp³-hybridized carbons (Fsp3) is 0.300. The highest BCUT2D eigenvalue weighted by Crippen LogP contribution is 2.33. The largest absolute Gasteiger partial charge is 0.494 e. The van der Waals surface area contributed by atoms with Gasteiger partial charge in [0.25, 0.3) is 5.91 Å². The number of carbonyl (C=O) groups excluding carboxylic acids is 2. The van der Waals surface area contributed by atoms with E-state index in [1.807, 2.05) is 38.1 Å². The van der Waals surface area contributed by atoms with Crippen molar-refractivity contribution in [3.05, 3.63) is 59.7 Å². The second-order valence-electron chi connectivity index (χ2n) is 5.88. The standard InChI is InChI=1S/C20H22N2O3/c1-3-21-19(23)18-13-15-7-5-6-8-17(15)22(18)20(24)14-9-11-16(12-10-14)25-4-2/h5-12,18H,3-4,13H2,1-2H3,(H,21,23). The first-order chi connectivity index (χ1) is 12.2. The van der Waals surface area contributed by atoms with Gasteiger partial charge in [0, 0.05) is 24.2 Å². The first kappa shape index (κ1) is 17.0. The van der Waals surface area contributed by atoms with Gasteiger partial charge in [-0.1, -0.05) is 18.2 Å². The normalized spacial score (nSPS) is 15.6. The summed E-state index contributed by atoms with van der Waals surface area (Å²) in [6.07, 6.45) is 0.533. The van der Waals surface area contributed by atoms with E-state index in [4.69, 9.17) is 4.74 Å². The number of hydrogen-bond donors (Lipinski definition) is 1. The first-order valence-electron chi connectivity index (χ1n) is 8.57. The molecule has 0 aromatic heterocycles. The second-order valence-corrected chi connectivity index (χ2v) is 5.88. The van der Waals surface area contributed by atoms with Crippen LogP contribution >= 0.6 is 0 Å². The second kappa shape index (κ2) is 7.38. The molecule has 0 fully saturated rings. The fourth-order valence-electron chi connectivity index (χ4n) is 3.14. The van der Waals surface area contributed by atoms with Gasteiger partial charge in [0.1, 0.15) is 11.8 Å². The molecule has 0 saturated heterocycles. The number of fused-ring (bicyclic) bond motifs is 1. The van der Waals surface area contributed by atoms with Crippen molar-refractivity contribution in [2.24, 2.45) is 0 Å². The minimum Gasteiger partial charge on any atom is -0.494 e. The summed E-state index contributed by atoms with van der Waals surface area (Å²) < 4.78 is 5.42. The molecule has 2 aromatic carbocycles. The van der Waals surface area contributed by atoms with E-state index in [1.165, 1.54) is 0 Å². The lowest BCUT2D eigenvalue weighted by Gasteiger charge is -2.25. The maximum Gasteiger partial charge on any atom is 0.259 e. The molecule has 25 heavy (non-hydrogen) atoms. The van der Waals surface area contributed by atoms with Gasteiger partial charge < -0.3 is 10.1 Å². The molecule has 1 N–H and O–H groups in total. The molecule has 5 nitrogen and oxygen atoms in total. The smallest absolute Gasteiger partial charge is 0.259 e. The van der Waals surface area contributed by atoms with E-state index in [-0.39, 0.29) is 11.8 Å². The maximum absolute atomic E-state index is 13.1. The quantitative estimate of drug-likeness (QED) is 0.912. The van der Waals surface area contributed by atoms with Crippen LogP contribution in [0.2, 0.25) is 0 Å². The molecule has 1 atom stereocenters. The van der Waals surface area contributed by atoms with Gasteiger partial charge in [-0.05, 0) is 49.7 Å². The van der Waals surface area contributed by atoms with Crippen LogP contribution in [0.1, 0.15) is 29.8 Å². The molecule has 0 spiro atoms. The van der Waals surface area contributed by atoms with Crippen LogP contribution < -0.4 is 15.0 Å². The summed E-state index contributed by atoms with van der Waals surface area (Å²) >= 11 is 0. The zero-order chi connectivity index (χ0) is 17.8. The molecule has 1 aliphatic heterocycles. The summed E-state index contributed by atoms with van der Waals surface area (Å²) in [6.45, 7) is 4.90. The molecule has 2 amide bonds. The summed E-state index contributed by atoms with van der Waals surface area (Å²) in [5, 5.41) is 2.83. The number of benzene rings is 2. The van der Waals surface area contributed by atoms with Gasteiger partial charge in [-0.25, -0.2) is 0 Å². The van der Waals surface area contributed by atoms with Crippen molar-refractivity contribution in [2.75, 3.05) is 18.1 Å². The Labute approximate surface area is 147 Å². The number of anilines is 1. The van der Waals surface area contributed by atoms with Crippen LogP contribution in [0, 0.1) is 0 Å². The van der Waals surface area contributed by atoms with E-state index in [2.05, 4.69) is 5.32 Å². The summed E-state index contributed by atoms with van der Waals surface area (Å²) in [7, 11) is 0. The van der Waals surface area contributed by atoms with Crippen molar-refractivity contribution in [3.8, 4) is 5.75 Å². The van der Waals surface area contributed by atoms with E-state index in [0.29, 0.717) is 25.1 Å². The van der Waals surface area contributed by atoms with Crippen molar-refractivity contribution in [1.29, 1.82) is 0 Å². The Balaban J connectivity index is 1.92. The maximum atomic E-state index is 13.1. The average Bonchev–Trinajstić information content (AvgIpc) is 3.02. The van der Waals surface area contributed by atoms with E-state index in [0.717, 1.165) is 17.0 Å². The van der Waals surface area contributed by atoms with Gasteiger partial charge in [0.15, 0.2) is 0 Å². The molecule has 1 aliphatic rings. The molecule has 0 radical (unpaired) electrons. The van der Waals surface area contributed by atoms with E-state index in [1.54, 1.807) is 29.2 Å². The van der Waals surface area contributed by atoms with Gasteiger partial charge in [-0.2, -0.15) is 0 Å². The van der Waals surface area contributed by atoms with Crippen LogP contribution in [0.5, 0.6) is 5.75 Å².